The lowest BCUT2D eigenvalue weighted by molar-refractivity contribution is 0.269. The van der Waals surface area contributed by atoms with Crippen LogP contribution in [-0.2, 0) is 0 Å². The highest BCUT2D eigenvalue weighted by Crippen LogP contribution is 2.24. The molecule has 0 aliphatic carbocycles. The van der Waals surface area contributed by atoms with E-state index < -0.39 is 0 Å². The number of halogens is 1. The molecule has 1 aromatic carbocycles. The SMILES string of the molecule is Cc1cc(Cl)ccc1OCCC(C)(C)C(N)=S. The van der Waals surface area contributed by atoms with Crippen LogP contribution in [0.4, 0.5) is 0 Å². The van der Waals surface area contributed by atoms with E-state index in [2.05, 4.69) is 0 Å². The van der Waals surface area contributed by atoms with Crippen molar-refractivity contribution >= 4 is 28.8 Å². The molecule has 0 bridgehead atoms. The summed E-state index contributed by atoms with van der Waals surface area (Å²) < 4.78 is 5.70. The van der Waals surface area contributed by atoms with Gasteiger partial charge in [-0.15, -0.1) is 0 Å². The van der Waals surface area contributed by atoms with Gasteiger partial charge < -0.3 is 10.5 Å². The Kier molecular flexibility index (Phi) is 4.78. The summed E-state index contributed by atoms with van der Waals surface area (Å²) in [6.45, 7) is 6.60. The maximum absolute atomic E-state index is 5.88. The van der Waals surface area contributed by atoms with Gasteiger partial charge in [0.15, 0.2) is 0 Å². The third-order valence-corrected chi connectivity index (χ3v) is 3.58. The summed E-state index contributed by atoms with van der Waals surface area (Å²) in [5.41, 5.74) is 6.52. The van der Waals surface area contributed by atoms with Gasteiger partial charge in [-0.1, -0.05) is 37.7 Å². The monoisotopic (exact) mass is 271 g/mol. The first-order valence-corrected chi connectivity index (χ1v) is 6.30. The third kappa shape index (κ3) is 4.17. The normalized spacial score (nSPS) is 11.3. The molecule has 0 spiro atoms. The second-order valence-corrected chi connectivity index (χ2v) is 5.63. The Labute approximate surface area is 113 Å². The molecule has 0 fully saturated rings. The molecular weight excluding hydrogens is 254 g/mol. The number of thiocarbonyl (C=S) groups is 1. The molecular formula is C13H18ClNOS. The lowest BCUT2D eigenvalue weighted by atomic mass is 9.90. The maximum atomic E-state index is 5.88. The summed E-state index contributed by atoms with van der Waals surface area (Å²) >= 11 is 10.9. The van der Waals surface area contributed by atoms with Crippen molar-refractivity contribution in [3.05, 3.63) is 28.8 Å². The predicted octanol–water partition coefficient (Wildman–Crippen LogP) is 3.73. The number of rotatable bonds is 5. The van der Waals surface area contributed by atoms with Crippen LogP contribution in [0.15, 0.2) is 18.2 Å². The zero-order chi connectivity index (χ0) is 13.1. The van der Waals surface area contributed by atoms with Crippen LogP contribution in [0.1, 0.15) is 25.8 Å². The second-order valence-electron chi connectivity index (χ2n) is 4.76. The topological polar surface area (TPSA) is 35.2 Å². The van der Waals surface area contributed by atoms with Crippen LogP contribution >= 0.6 is 23.8 Å². The van der Waals surface area contributed by atoms with E-state index >= 15 is 0 Å². The molecule has 0 aromatic heterocycles. The molecule has 2 N–H and O–H groups in total. The molecule has 0 aliphatic rings. The van der Waals surface area contributed by atoms with Gasteiger partial charge in [-0.2, -0.15) is 0 Å². The molecule has 2 nitrogen and oxygen atoms in total. The van der Waals surface area contributed by atoms with Crippen LogP contribution in [0.5, 0.6) is 5.75 Å². The number of hydrogen-bond donors (Lipinski definition) is 1. The third-order valence-electron chi connectivity index (χ3n) is 2.79. The molecule has 0 saturated carbocycles. The maximum Gasteiger partial charge on any atom is 0.122 e. The first-order chi connectivity index (χ1) is 7.83. The van der Waals surface area contributed by atoms with Crippen molar-refractivity contribution < 1.29 is 4.74 Å². The molecule has 0 radical (unpaired) electrons. The molecule has 1 rings (SSSR count). The molecule has 0 unspecified atom stereocenters. The van der Waals surface area contributed by atoms with Crippen molar-refractivity contribution in [2.75, 3.05) is 6.61 Å². The fraction of sp³-hybridized carbons (Fsp3) is 0.462. The Balaban J connectivity index is 2.54. The average molecular weight is 272 g/mol. The van der Waals surface area contributed by atoms with Crippen LogP contribution < -0.4 is 10.5 Å². The van der Waals surface area contributed by atoms with Crippen LogP contribution in [0.2, 0.25) is 5.02 Å². The number of aryl methyl sites for hydroxylation is 1. The zero-order valence-corrected chi connectivity index (χ0v) is 12.0. The predicted molar refractivity (Wildman–Crippen MR) is 76.9 cm³/mol. The van der Waals surface area contributed by atoms with E-state index in [9.17, 15) is 0 Å². The van der Waals surface area contributed by atoms with E-state index in [1.165, 1.54) is 0 Å². The van der Waals surface area contributed by atoms with Gasteiger partial charge in [0.05, 0.1) is 11.6 Å². The molecule has 0 amide bonds. The minimum Gasteiger partial charge on any atom is -0.493 e. The Morgan fingerprint density at radius 3 is 2.65 bits per heavy atom. The van der Waals surface area contributed by atoms with Gasteiger partial charge in [0, 0.05) is 10.4 Å². The lowest BCUT2D eigenvalue weighted by Gasteiger charge is -2.23. The van der Waals surface area contributed by atoms with Crippen LogP contribution in [0.25, 0.3) is 0 Å². The fourth-order valence-corrected chi connectivity index (χ4v) is 1.64. The van der Waals surface area contributed by atoms with E-state index in [1.54, 1.807) is 0 Å². The van der Waals surface area contributed by atoms with Crippen LogP contribution in [-0.4, -0.2) is 11.6 Å². The van der Waals surface area contributed by atoms with Gasteiger partial charge in [-0.25, -0.2) is 0 Å². The molecule has 0 atom stereocenters. The van der Waals surface area contributed by atoms with Crippen LogP contribution in [0, 0.1) is 12.3 Å². The standard InChI is InChI=1S/C13H18ClNOS/c1-9-8-10(14)4-5-11(9)16-7-6-13(2,3)12(15)17/h4-5,8H,6-7H2,1-3H3,(H2,15,17). The minimum atomic E-state index is -0.171. The van der Waals surface area contributed by atoms with Crippen LogP contribution in [0.3, 0.4) is 0 Å². The number of benzene rings is 1. The highest BCUT2D eigenvalue weighted by Gasteiger charge is 2.21. The Hall–Kier alpha value is -0.800. The van der Waals surface area contributed by atoms with Crippen molar-refractivity contribution in [2.45, 2.75) is 27.2 Å². The van der Waals surface area contributed by atoms with Crippen molar-refractivity contribution in [1.82, 2.24) is 0 Å². The smallest absolute Gasteiger partial charge is 0.122 e. The molecule has 0 aliphatic heterocycles. The summed E-state index contributed by atoms with van der Waals surface area (Å²) in [6, 6.07) is 5.59. The zero-order valence-electron chi connectivity index (χ0n) is 10.4. The Bertz CT molecular complexity index is 418. The summed E-state index contributed by atoms with van der Waals surface area (Å²) in [6.07, 6.45) is 0.796. The van der Waals surface area contributed by atoms with E-state index in [0.29, 0.717) is 11.6 Å². The Morgan fingerprint density at radius 1 is 1.47 bits per heavy atom. The van der Waals surface area contributed by atoms with Gasteiger partial charge in [0.1, 0.15) is 5.75 Å². The van der Waals surface area contributed by atoms with Crippen molar-refractivity contribution in [2.24, 2.45) is 11.1 Å². The molecule has 1 aromatic rings. The number of nitrogens with two attached hydrogens (primary N) is 1. The highest BCUT2D eigenvalue weighted by molar-refractivity contribution is 7.80. The first kappa shape index (κ1) is 14.3. The summed E-state index contributed by atoms with van der Waals surface area (Å²) in [5, 5.41) is 0.721. The van der Waals surface area contributed by atoms with Gasteiger partial charge >= 0.3 is 0 Å². The van der Waals surface area contributed by atoms with E-state index in [1.807, 2.05) is 39.0 Å². The first-order valence-electron chi connectivity index (χ1n) is 5.52. The van der Waals surface area contributed by atoms with Gasteiger partial charge in [-0.05, 0) is 37.1 Å². The summed E-state index contributed by atoms with van der Waals surface area (Å²) in [5.74, 6) is 0.855. The van der Waals surface area contributed by atoms with Crippen molar-refractivity contribution in [3.8, 4) is 5.75 Å². The number of hydrogen-bond acceptors (Lipinski definition) is 2. The Morgan fingerprint density at radius 2 is 2.12 bits per heavy atom. The second kappa shape index (κ2) is 5.69. The van der Waals surface area contributed by atoms with Crippen molar-refractivity contribution in [3.63, 3.8) is 0 Å². The van der Waals surface area contributed by atoms with Gasteiger partial charge in [-0.3, -0.25) is 0 Å². The average Bonchev–Trinajstić information content (AvgIpc) is 2.21. The van der Waals surface area contributed by atoms with Gasteiger partial charge in [0.25, 0.3) is 0 Å². The van der Waals surface area contributed by atoms with E-state index in [4.69, 9.17) is 34.3 Å². The molecule has 4 heteroatoms. The quantitative estimate of drug-likeness (QED) is 0.829. The van der Waals surface area contributed by atoms with E-state index in [0.717, 1.165) is 22.8 Å². The van der Waals surface area contributed by atoms with E-state index in [-0.39, 0.29) is 5.41 Å². The highest BCUT2D eigenvalue weighted by atomic mass is 35.5. The molecule has 0 heterocycles. The fourth-order valence-electron chi connectivity index (χ4n) is 1.31. The minimum absolute atomic E-state index is 0.171. The molecule has 94 valence electrons. The van der Waals surface area contributed by atoms with Crippen molar-refractivity contribution in [1.29, 1.82) is 0 Å². The summed E-state index contributed by atoms with van der Waals surface area (Å²) in [7, 11) is 0. The summed E-state index contributed by atoms with van der Waals surface area (Å²) in [4.78, 5) is 0.522. The van der Waals surface area contributed by atoms with Gasteiger partial charge in [0.2, 0.25) is 0 Å². The largest absolute Gasteiger partial charge is 0.493 e. The molecule has 17 heavy (non-hydrogen) atoms. The number of ether oxygens (including phenoxy) is 1. The molecule has 0 saturated heterocycles. The lowest BCUT2D eigenvalue weighted by Crippen LogP contribution is -2.31.